The molecule has 0 aliphatic heterocycles. The van der Waals surface area contributed by atoms with Crippen LogP contribution in [0.3, 0.4) is 0 Å². The first-order valence-electron chi connectivity index (χ1n) is 5.71. The summed E-state index contributed by atoms with van der Waals surface area (Å²) in [7, 11) is 0. The number of rotatable bonds is 6. The highest BCUT2D eigenvalue weighted by Crippen LogP contribution is 2.10. The molecule has 0 amide bonds. The van der Waals surface area contributed by atoms with Crippen LogP contribution in [0.2, 0.25) is 0 Å². The third-order valence-corrected chi connectivity index (χ3v) is 2.91. The van der Waals surface area contributed by atoms with Gasteiger partial charge < -0.3 is 4.74 Å². The zero-order valence-corrected chi connectivity index (χ0v) is 11.5. The molecule has 0 spiro atoms. The van der Waals surface area contributed by atoms with E-state index in [1.54, 1.807) is 0 Å². The standard InChI is InChI=1S/C14H17BrO2/c1-2-12(11-17-14(16)10-15)8-9-13-6-4-3-5-7-13/h3-9,12H,2,10-11H2,1H3/b9-8+. The van der Waals surface area contributed by atoms with E-state index >= 15 is 0 Å². The van der Waals surface area contributed by atoms with E-state index in [1.807, 2.05) is 30.3 Å². The number of carbonyl (C=O) groups excluding carboxylic acids is 1. The largest absolute Gasteiger partial charge is 0.464 e. The van der Waals surface area contributed by atoms with Gasteiger partial charge in [0.2, 0.25) is 0 Å². The van der Waals surface area contributed by atoms with Crippen molar-refractivity contribution < 1.29 is 9.53 Å². The van der Waals surface area contributed by atoms with Gasteiger partial charge in [0.05, 0.1) is 6.61 Å². The fraction of sp³-hybridized carbons (Fsp3) is 0.357. The molecule has 0 aliphatic rings. The molecule has 0 bridgehead atoms. The first kappa shape index (κ1) is 14.0. The lowest BCUT2D eigenvalue weighted by Crippen LogP contribution is -2.12. The Labute approximate surface area is 111 Å². The quantitative estimate of drug-likeness (QED) is 0.591. The van der Waals surface area contributed by atoms with E-state index in [0.29, 0.717) is 6.61 Å². The summed E-state index contributed by atoms with van der Waals surface area (Å²) < 4.78 is 5.10. The third-order valence-electron chi connectivity index (χ3n) is 2.45. The minimum atomic E-state index is -0.212. The van der Waals surface area contributed by atoms with Gasteiger partial charge in [0.15, 0.2) is 0 Å². The number of carbonyl (C=O) groups is 1. The minimum Gasteiger partial charge on any atom is -0.464 e. The van der Waals surface area contributed by atoms with Gasteiger partial charge in [0.1, 0.15) is 5.33 Å². The number of alkyl halides is 1. The lowest BCUT2D eigenvalue weighted by Gasteiger charge is -2.10. The van der Waals surface area contributed by atoms with Crippen LogP contribution in [-0.4, -0.2) is 17.9 Å². The second-order valence-corrected chi connectivity index (χ2v) is 4.32. The van der Waals surface area contributed by atoms with E-state index in [2.05, 4.69) is 35.0 Å². The third kappa shape index (κ3) is 5.68. The lowest BCUT2D eigenvalue weighted by atomic mass is 10.1. The molecule has 0 N–H and O–H groups in total. The van der Waals surface area contributed by atoms with E-state index < -0.39 is 0 Å². The summed E-state index contributed by atoms with van der Waals surface area (Å²) in [4.78, 5) is 11.0. The maximum Gasteiger partial charge on any atom is 0.316 e. The van der Waals surface area contributed by atoms with Crippen LogP contribution in [0.25, 0.3) is 6.08 Å². The molecule has 0 fully saturated rings. The number of esters is 1. The fourth-order valence-corrected chi connectivity index (χ4v) is 1.52. The van der Waals surface area contributed by atoms with Gasteiger partial charge in [-0.05, 0) is 12.0 Å². The fourth-order valence-electron chi connectivity index (χ4n) is 1.36. The average molecular weight is 297 g/mol. The number of hydrogen-bond donors (Lipinski definition) is 0. The van der Waals surface area contributed by atoms with E-state index in [4.69, 9.17) is 4.74 Å². The minimum absolute atomic E-state index is 0.212. The molecule has 1 aromatic carbocycles. The Balaban J connectivity index is 2.46. The predicted molar refractivity (Wildman–Crippen MR) is 74.0 cm³/mol. The Bertz CT molecular complexity index is 360. The molecule has 2 nitrogen and oxygen atoms in total. The van der Waals surface area contributed by atoms with Gasteiger partial charge in [-0.2, -0.15) is 0 Å². The van der Waals surface area contributed by atoms with Crippen LogP contribution in [0, 0.1) is 5.92 Å². The van der Waals surface area contributed by atoms with Crippen molar-refractivity contribution in [1.29, 1.82) is 0 Å². The molecule has 0 aliphatic carbocycles. The molecule has 1 aromatic rings. The topological polar surface area (TPSA) is 26.3 Å². The Morgan fingerprint density at radius 2 is 2.12 bits per heavy atom. The molecule has 92 valence electrons. The van der Waals surface area contributed by atoms with Crippen LogP contribution in [0.15, 0.2) is 36.4 Å². The Morgan fingerprint density at radius 1 is 1.41 bits per heavy atom. The summed E-state index contributed by atoms with van der Waals surface area (Å²) in [5.74, 6) is 0.0646. The van der Waals surface area contributed by atoms with Crippen molar-refractivity contribution in [3.8, 4) is 0 Å². The normalized spacial score (nSPS) is 12.6. The number of halogens is 1. The summed E-state index contributed by atoms with van der Waals surface area (Å²) in [5.41, 5.74) is 1.16. The molecule has 0 radical (unpaired) electrons. The first-order chi connectivity index (χ1) is 8.26. The summed E-state index contributed by atoms with van der Waals surface area (Å²) >= 11 is 3.07. The highest BCUT2D eigenvalue weighted by atomic mass is 79.9. The number of hydrogen-bond acceptors (Lipinski definition) is 2. The van der Waals surface area contributed by atoms with Gasteiger partial charge in [0.25, 0.3) is 0 Å². The van der Waals surface area contributed by atoms with Crippen LogP contribution in [-0.2, 0) is 9.53 Å². The molecule has 0 saturated carbocycles. The predicted octanol–water partition coefficient (Wildman–Crippen LogP) is 3.66. The van der Waals surface area contributed by atoms with Crippen molar-refractivity contribution in [3.05, 3.63) is 42.0 Å². The molecule has 0 heterocycles. The first-order valence-corrected chi connectivity index (χ1v) is 6.83. The Hall–Kier alpha value is -1.09. The molecule has 0 saturated heterocycles. The van der Waals surface area contributed by atoms with Gasteiger partial charge in [-0.3, -0.25) is 4.79 Å². The smallest absolute Gasteiger partial charge is 0.316 e. The molecule has 0 aromatic heterocycles. The van der Waals surface area contributed by atoms with Crippen molar-refractivity contribution in [2.75, 3.05) is 11.9 Å². The summed E-state index contributed by atoms with van der Waals surface area (Å²) in [6.45, 7) is 2.53. The van der Waals surface area contributed by atoms with E-state index in [-0.39, 0.29) is 17.2 Å². The average Bonchev–Trinajstić information content (AvgIpc) is 2.39. The van der Waals surface area contributed by atoms with E-state index in [0.717, 1.165) is 12.0 Å². The van der Waals surface area contributed by atoms with Gasteiger partial charge in [-0.25, -0.2) is 0 Å². The maximum atomic E-state index is 11.0. The molecular formula is C14H17BrO2. The second-order valence-electron chi connectivity index (χ2n) is 3.75. The SMILES string of the molecule is CCC(/C=C/c1ccccc1)COC(=O)CBr. The van der Waals surface area contributed by atoms with Crippen LogP contribution in [0.4, 0.5) is 0 Å². The monoisotopic (exact) mass is 296 g/mol. The highest BCUT2D eigenvalue weighted by Gasteiger charge is 2.05. The molecule has 17 heavy (non-hydrogen) atoms. The summed E-state index contributed by atoms with van der Waals surface area (Å²) in [6, 6.07) is 10.1. The Morgan fingerprint density at radius 3 is 2.71 bits per heavy atom. The highest BCUT2D eigenvalue weighted by molar-refractivity contribution is 9.09. The van der Waals surface area contributed by atoms with E-state index in [9.17, 15) is 4.79 Å². The van der Waals surface area contributed by atoms with Crippen LogP contribution < -0.4 is 0 Å². The Kier molecular flexibility index (Phi) is 6.63. The van der Waals surface area contributed by atoms with Crippen LogP contribution in [0.5, 0.6) is 0 Å². The van der Waals surface area contributed by atoms with Crippen molar-refractivity contribution in [2.45, 2.75) is 13.3 Å². The number of ether oxygens (including phenoxy) is 1. The summed E-state index contributed by atoms with van der Waals surface area (Å²) in [6.07, 6.45) is 5.12. The van der Waals surface area contributed by atoms with E-state index in [1.165, 1.54) is 0 Å². The molecule has 1 rings (SSSR count). The molecule has 1 atom stereocenters. The van der Waals surface area contributed by atoms with Crippen molar-refractivity contribution >= 4 is 28.0 Å². The van der Waals surface area contributed by atoms with Crippen molar-refractivity contribution in [3.63, 3.8) is 0 Å². The maximum absolute atomic E-state index is 11.0. The number of benzene rings is 1. The van der Waals surface area contributed by atoms with Gasteiger partial charge in [0, 0.05) is 5.92 Å². The van der Waals surface area contributed by atoms with Gasteiger partial charge in [-0.15, -0.1) is 0 Å². The lowest BCUT2D eigenvalue weighted by molar-refractivity contribution is -0.141. The molecule has 1 unspecified atom stereocenters. The second kappa shape index (κ2) is 8.07. The van der Waals surface area contributed by atoms with Crippen LogP contribution >= 0.6 is 15.9 Å². The molecular weight excluding hydrogens is 280 g/mol. The van der Waals surface area contributed by atoms with Gasteiger partial charge in [-0.1, -0.05) is 65.3 Å². The zero-order valence-electron chi connectivity index (χ0n) is 9.93. The van der Waals surface area contributed by atoms with Crippen molar-refractivity contribution in [1.82, 2.24) is 0 Å². The zero-order chi connectivity index (χ0) is 12.5. The molecule has 3 heteroatoms. The van der Waals surface area contributed by atoms with Crippen molar-refractivity contribution in [2.24, 2.45) is 5.92 Å². The van der Waals surface area contributed by atoms with Gasteiger partial charge >= 0.3 is 5.97 Å². The summed E-state index contributed by atoms with van der Waals surface area (Å²) in [5, 5.41) is 0.256. The van der Waals surface area contributed by atoms with Crippen LogP contribution in [0.1, 0.15) is 18.9 Å².